The fraction of sp³-hybridized carbons (Fsp3) is 0.917. The number of rotatable bonds is 2. The summed E-state index contributed by atoms with van der Waals surface area (Å²) in [6.07, 6.45) is 4.62. The summed E-state index contributed by atoms with van der Waals surface area (Å²) in [5, 5.41) is 3.09. The Morgan fingerprint density at radius 2 is 2.13 bits per heavy atom. The Kier molecular flexibility index (Phi) is 2.65. The number of carbonyl (C=O) groups is 1. The van der Waals surface area contributed by atoms with E-state index in [1.807, 2.05) is 0 Å². The second-order valence-corrected chi connectivity index (χ2v) is 5.49. The summed E-state index contributed by atoms with van der Waals surface area (Å²) in [5.41, 5.74) is 0.0684. The number of hydrogen-bond donors (Lipinski definition) is 1. The van der Waals surface area contributed by atoms with Crippen molar-refractivity contribution < 1.29 is 4.79 Å². The first-order valence-corrected chi connectivity index (χ1v) is 6.12. The van der Waals surface area contributed by atoms with Gasteiger partial charge in [0, 0.05) is 18.1 Å². The lowest BCUT2D eigenvalue weighted by atomic mass is 9.86. The molecule has 86 valence electrons. The van der Waals surface area contributed by atoms with Crippen molar-refractivity contribution in [3.63, 3.8) is 0 Å². The maximum absolute atomic E-state index is 12.0. The molecule has 15 heavy (non-hydrogen) atoms. The number of urea groups is 1. The van der Waals surface area contributed by atoms with E-state index in [2.05, 4.69) is 31.0 Å². The molecule has 2 fully saturated rings. The van der Waals surface area contributed by atoms with Gasteiger partial charge in [-0.05, 0) is 38.5 Å². The number of hydrogen-bond acceptors (Lipinski definition) is 1. The summed E-state index contributed by atoms with van der Waals surface area (Å²) in [6.45, 7) is 7.57. The van der Waals surface area contributed by atoms with E-state index in [1.165, 1.54) is 0 Å². The zero-order valence-electron chi connectivity index (χ0n) is 10.0. The first kappa shape index (κ1) is 10.8. The van der Waals surface area contributed by atoms with Gasteiger partial charge in [0.15, 0.2) is 0 Å². The van der Waals surface area contributed by atoms with Crippen LogP contribution < -0.4 is 5.32 Å². The van der Waals surface area contributed by atoms with Gasteiger partial charge in [0.25, 0.3) is 0 Å². The zero-order valence-corrected chi connectivity index (χ0v) is 10.0. The van der Waals surface area contributed by atoms with E-state index in [4.69, 9.17) is 0 Å². The van der Waals surface area contributed by atoms with Crippen LogP contribution in [0.1, 0.15) is 46.5 Å². The highest BCUT2D eigenvalue weighted by Crippen LogP contribution is 2.35. The molecule has 1 saturated carbocycles. The van der Waals surface area contributed by atoms with Gasteiger partial charge in [-0.3, -0.25) is 0 Å². The van der Waals surface area contributed by atoms with E-state index in [0.717, 1.165) is 32.2 Å². The minimum Gasteiger partial charge on any atom is -0.335 e. The van der Waals surface area contributed by atoms with Crippen LogP contribution in [0.2, 0.25) is 0 Å². The van der Waals surface area contributed by atoms with Crippen LogP contribution in [0.25, 0.3) is 0 Å². The van der Waals surface area contributed by atoms with Crippen LogP contribution in [0.5, 0.6) is 0 Å². The van der Waals surface area contributed by atoms with E-state index in [-0.39, 0.29) is 11.6 Å². The average Bonchev–Trinajstić information content (AvgIpc) is 2.87. The summed E-state index contributed by atoms with van der Waals surface area (Å²) < 4.78 is 0. The van der Waals surface area contributed by atoms with Crippen LogP contribution in [0.4, 0.5) is 4.79 Å². The molecule has 2 amide bonds. The third-order valence-corrected chi connectivity index (χ3v) is 4.08. The quantitative estimate of drug-likeness (QED) is 0.745. The minimum absolute atomic E-state index is 0.0684. The molecule has 1 saturated heterocycles. The molecule has 0 aromatic carbocycles. The summed E-state index contributed by atoms with van der Waals surface area (Å²) in [6, 6.07) is 0.626. The molecule has 2 rings (SSSR count). The van der Waals surface area contributed by atoms with Crippen molar-refractivity contribution in [1.29, 1.82) is 0 Å². The van der Waals surface area contributed by atoms with Gasteiger partial charge in [0.2, 0.25) is 0 Å². The van der Waals surface area contributed by atoms with E-state index in [1.54, 1.807) is 0 Å². The number of nitrogens with one attached hydrogen (secondary N) is 1. The van der Waals surface area contributed by atoms with E-state index >= 15 is 0 Å². The Bertz CT molecular complexity index is 260. The van der Waals surface area contributed by atoms with E-state index in [9.17, 15) is 4.79 Å². The van der Waals surface area contributed by atoms with Gasteiger partial charge in [0.05, 0.1) is 0 Å². The molecular formula is C12H22N2O. The fourth-order valence-corrected chi connectivity index (χ4v) is 2.40. The van der Waals surface area contributed by atoms with Gasteiger partial charge in [0.1, 0.15) is 0 Å². The number of carbonyl (C=O) groups excluding carboxylic acids is 1. The first-order chi connectivity index (χ1) is 7.04. The molecule has 1 aliphatic carbocycles. The predicted octanol–water partition coefficient (Wildman–Crippen LogP) is 2.37. The second kappa shape index (κ2) is 3.69. The highest BCUT2D eigenvalue weighted by molar-refractivity contribution is 5.76. The number of amides is 2. The highest BCUT2D eigenvalue weighted by Gasteiger charge is 2.42. The molecule has 0 bridgehead atoms. The molecule has 0 aromatic rings. The van der Waals surface area contributed by atoms with Crippen LogP contribution in [0, 0.1) is 5.92 Å². The molecule has 0 unspecified atom stereocenters. The smallest absolute Gasteiger partial charge is 0.318 e. The van der Waals surface area contributed by atoms with Crippen molar-refractivity contribution in [2.75, 3.05) is 6.54 Å². The Hall–Kier alpha value is -0.730. The molecule has 1 atom stereocenters. The topological polar surface area (TPSA) is 32.3 Å². The molecule has 2 aliphatic rings. The SMILES string of the molecule is CC(C)[C@]1(C)CCCN1C(=O)NC1CC1. The molecular weight excluding hydrogens is 188 g/mol. The average molecular weight is 210 g/mol. The van der Waals surface area contributed by atoms with Gasteiger partial charge < -0.3 is 10.2 Å². The van der Waals surface area contributed by atoms with Crippen LogP contribution in [-0.4, -0.2) is 29.1 Å². The Morgan fingerprint density at radius 3 is 2.67 bits per heavy atom. The number of nitrogens with zero attached hydrogens (tertiary/aromatic N) is 1. The maximum Gasteiger partial charge on any atom is 0.318 e. The molecule has 1 N–H and O–H groups in total. The minimum atomic E-state index is 0.0684. The van der Waals surface area contributed by atoms with Crippen molar-refractivity contribution in [2.24, 2.45) is 5.92 Å². The monoisotopic (exact) mass is 210 g/mol. The maximum atomic E-state index is 12.0. The molecule has 3 heteroatoms. The van der Waals surface area contributed by atoms with Crippen LogP contribution in [0.15, 0.2) is 0 Å². The van der Waals surface area contributed by atoms with E-state index in [0.29, 0.717) is 12.0 Å². The first-order valence-electron chi connectivity index (χ1n) is 6.12. The third kappa shape index (κ3) is 1.97. The lowest BCUT2D eigenvalue weighted by Gasteiger charge is -2.38. The lowest BCUT2D eigenvalue weighted by molar-refractivity contribution is 0.123. The van der Waals surface area contributed by atoms with Crippen molar-refractivity contribution in [2.45, 2.75) is 58.0 Å². The molecule has 0 spiro atoms. The largest absolute Gasteiger partial charge is 0.335 e. The lowest BCUT2D eigenvalue weighted by Crippen LogP contribution is -2.52. The second-order valence-electron chi connectivity index (χ2n) is 5.49. The third-order valence-electron chi connectivity index (χ3n) is 4.08. The van der Waals surface area contributed by atoms with Crippen molar-refractivity contribution in [3.05, 3.63) is 0 Å². The normalized spacial score (nSPS) is 31.1. The van der Waals surface area contributed by atoms with Crippen LogP contribution in [0.3, 0.4) is 0 Å². The van der Waals surface area contributed by atoms with Gasteiger partial charge in [-0.1, -0.05) is 13.8 Å². The summed E-state index contributed by atoms with van der Waals surface area (Å²) in [4.78, 5) is 14.1. The molecule has 1 heterocycles. The van der Waals surface area contributed by atoms with Gasteiger partial charge in [-0.25, -0.2) is 4.79 Å². The van der Waals surface area contributed by atoms with Crippen molar-refractivity contribution >= 4 is 6.03 Å². The molecule has 3 nitrogen and oxygen atoms in total. The zero-order chi connectivity index (χ0) is 11.1. The van der Waals surface area contributed by atoms with Crippen LogP contribution in [-0.2, 0) is 0 Å². The number of likely N-dealkylation sites (tertiary alicyclic amines) is 1. The summed E-state index contributed by atoms with van der Waals surface area (Å²) >= 11 is 0. The van der Waals surface area contributed by atoms with Gasteiger partial charge in [-0.15, -0.1) is 0 Å². The van der Waals surface area contributed by atoms with Gasteiger partial charge in [-0.2, -0.15) is 0 Å². The van der Waals surface area contributed by atoms with Crippen LogP contribution >= 0.6 is 0 Å². The Balaban J connectivity index is 2.02. The summed E-state index contributed by atoms with van der Waals surface area (Å²) in [7, 11) is 0. The predicted molar refractivity (Wildman–Crippen MR) is 60.7 cm³/mol. The Labute approximate surface area is 92.2 Å². The van der Waals surface area contributed by atoms with Crippen molar-refractivity contribution in [3.8, 4) is 0 Å². The highest BCUT2D eigenvalue weighted by atomic mass is 16.2. The molecule has 0 radical (unpaired) electrons. The summed E-state index contributed by atoms with van der Waals surface area (Å²) in [5.74, 6) is 0.532. The Morgan fingerprint density at radius 1 is 1.47 bits per heavy atom. The van der Waals surface area contributed by atoms with Gasteiger partial charge >= 0.3 is 6.03 Å². The van der Waals surface area contributed by atoms with Crippen molar-refractivity contribution in [1.82, 2.24) is 10.2 Å². The molecule has 1 aliphatic heterocycles. The molecule has 0 aromatic heterocycles. The fourth-order valence-electron chi connectivity index (χ4n) is 2.40. The standard InChI is InChI=1S/C12H22N2O/c1-9(2)12(3)7-4-8-14(12)11(15)13-10-5-6-10/h9-10H,4-8H2,1-3H3,(H,13,15)/t12-/m0/s1. The van der Waals surface area contributed by atoms with E-state index < -0.39 is 0 Å².